The van der Waals surface area contributed by atoms with Crippen LogP contribution in [-0.2, 0) is 0 Å². The Morgan fingerprint density at radius 2 is 1.86 bits per heavy atom. The summed E-state index contributed by atoms with van der Waals surface area (Å²) in [4.78, 5) is 13.0. The molecule has 0 spiro atoms. The Labute approximate surface area is 133 Å². The molecular formula is C14H18N6OS. The zero-order chi connectivity index (χ0) is 14.9. The van der Waals surface area contributed by atoms with Crippen LogP contribution in [0.25, 0.3) is 0 Å². The molecular weight excluding hydrogens is 300 g/mol. The van der Waals surface area contributed by atoms with E-state index in [-0.39, 0.29) is 0 Å². The van der Waals surface area contributed by atoms with E-state index in [2.05, 4.69) is 30.0 Å². The van der Waals surface area contributed by atoms with Gasteiger partial charge in [0.15, 0.2) is 0 Å². The van der Waals surface area contributed by atoms with Gasteiger partial charge >= 0.3 is 0 Å². The number of nitrogens with zero attached hydrogens (tertiary/aromatic N) is 6. The molecule has 0 unspecified atom stereocenters. The molecule has 3 heterocycles. The molecule has 0 N–H and O–H groups in total. The van der Waals surface area contributed by atoms with Crippen molar-refractivity contribution in [3.8, 4) is 5.88 Å². The highest BCUT2D eigenvalue weighted by atomic mass is 32.1. The van der Waals surface area contributed by atoms with E-state index in [0.29, 0.717) is 11.8 Å². The zero-order valence-electron chi connectivity index (χ0n) is 12.5. The standard InChI is InChI=1S/C14H18N6OS/c1-21-12-8-11(15-9-16-12)19-4-6-20(7-5-19)14-18-17-13(22-14)10-2-3-10/h8-10H,2-7H2,1H3. The van der Waals surface area contributed by atoms with E-state index < -0.39 is 0 Å². The van der Waals surface area contributed by atoms with Crippen molar-refractivity contribution in [2.24, 2.45) is 0 Å². The first-order valence-electron chi connectivity index (χ1n) is 7.53. The highest BCUT2D eigenvalue weighted by Crippen LogP contribution is 2.42. The first-order chi connectivity index (χ1) is 10.8. The second kappa shape index (κ2) is 5.68. The molecule has 116 valence electrons. The molecule has 0 radical (unpaired) electrons. The molecule has 0 atom stereocenters. The summed E-state index contributed by atoms with van der Waals surface area (Å²) in [5.74, 6) is 2.20. The Kier molecular flexibility index (Phi) is 3.53. The molecule has 1 aliphatic heterocycles. The molecule has 2 fully saturated rings. The normalized spacial score (nSPS) is 18.6. The molecule has 8 heteroatoms. The van der Waals surface area contributed by atoms with E-state index in [1.54, 1.807) is 24.8 Å². The van der Waals surface area contributed by atoms with Gasteiger partial charge in [0.25, 0.3) is 0 Å². The van der Waals surface area contributed by atoms with Crippen LogP contribution in [0, 0.1) is 0 Å². The van der Waals surface area contributed by atoms with Gasteiger partial charge in [-0.25, -0.2) is 9.97 Å². The summed E-state index contributed by atoms with van der Waals surface area (Å²) in [6.45, 7) is 3.70. The lowest BCUT2D eigenvalue weighted by molar-refractivity contribution is 0.396. The quantitative estimate of drug-likeness (QED) is 0.847. The molecule has 0 aromatic carbocycles. The molecule has 7 nitrogen and oxygen atoms in total. The lowest BCUT2D eigenvalue weighted by atomic mass is 10.3. The lowest BCUT2D eigenvalue weighted by Gasteiger charge is -2.34. The first-order valence-corrected chi connectivity index (χ1v) is 8.34. The van der Waals surface area contributed by atoms with E-state index >= 15 is 0 Å². The highest BCUT2D eigenvalue weighted by molar-refractivity contribution is 7.15. The fourth-order valence-electron chi connectivity index (χ4n) is 2.59. The van der Waals surface area contributed by atoms with Crippen molar-refractivity contribution in [3.63, 3.8) is 0 Å². The van der Waals surface area contributed by atoms with Gasteiger partial charge in [0.1, 0.15) is 17.2 Å². The van der Waals surface area contributed by atoms with Gasteiger partial charge in [0, 0.05) is 38.2 Å². The van der Waals surface area contributed by atoms with E-state index in [4.69, 9.17) is 4.74 Å². The third kappa shape index (κ3) is 2.70. The molecule has 0 bridgehead atoms. The van der Waals surface area contributed by atoms with E-state index in [9.17, 15) is 0 Å². The molecule has 4 rings (SSSR count). The maximum atomic E-state index is 5.16. The monoisotopic (exact) mass is 318 g/mol. The van der Waals surface area contributed by atoms with Crippen molar-refractivity contribution in [1.29, 1.82) is 0 Å². The fraction of sp³-hybridized carbons (Fsp3) is 0.571. The predicted octanol–water partition coefficient (Wildman–Crippen LogP) is 1.54. The van der Waals surface area contributed by atoms with Gasteiger partial charge in [-0.1, -0.05) is 11.3 Å². The minimum absolute atomic E-state index is 0.602. The second-order valence-corrected chi connectivity index (χ2v) is 6.58. The molecule has 1 saturated heterocycles. The highest BCUT2D eigenvalue weighted by Gasteiger charge is 2.29. The Hall–Kier alpha value is -1.96. The predicted molar refractivity (Wildman–Crippen MR) is 84.9 cm³/mol. The van der Waals surface area contributed by atoms with Gasteiger partial charge in [0.2, 0.25) is 11.0 Å². The van der Waals surface area contributed by atoms with Crippen LogP contribution in [0.1, 0.15) is 23.8 Å². The van der Waals surface area contributed by atoms with Crippen molar-refractivity contribution in [2.45, 2.75) is 18.8 Å². The average Bonchev–Trinajstić information content (AvgIpc) is 3.32. The maximum Gasteiger partial charge on any atom is 0.218 e. The summed E-state index contributed by atoms with van der Waals surface area (Å²) in [5.41, 5.74) is 0. The SMILES string of the molecule is COc1cc(N2CCN(c3nnc(C4CC4)s3)CC2)ncn1. The number of anilines is 2. The molecule has 0 amide bonds. The summed E-state index contributed by atoms with van der Waals surface area (Å²) in [6.07, 6.45) is 4.10. The Bertz CT molecular complexity index is 650. The van der Waals surface area contributed by atoms with Gasteiger partial charge in [0.05, 0.1) is 7.11 Å². The van der Waals surface area contributed by atoms with Crippen molar-refractivity contribution >= 4 is 22.3 Å². The third-order valence-electron chi connectivity index (χ3n) is 4.07. The van der Waals surface area contributed by atoms with E-state index in [1.807, 2.05) is 6.07 Å². The molecule has 1 aliphatic carbocycles. The molecule has 1 saturated carbocycles. The average molecular weight is 318 g/mol. The van der Waals surface area contributed by atoms with Gasteiger partial charge in [-0.2, -0.15) is 0 Å². The molecule has 2 aliphatic rings. The summed E-state index contributed by atoms with van der Waals surface area (Å²) in [7, 11) is 1.62. The maximum absolute atomic E-state index is 5.16. The van der Waals surface area contributed by atoms with Crippen LogP contribution in [0.15, 0.2) is 12.4 Å². The Balaban J connectivity index is 1.40. The van der Waals surface area contributed by atoms with Gasteiger partial charge in [-0.3, -0.25) is 0 Å². The second-order valence-electron chi connectivity index (χ2n) is 5.59. The number of methoxy groups -OCH3 is 1. The number of hydrogen-bond acceptors (Lipinski definition) is 8. The first kappa shape index (κ1) is 13.7. The van der Waals surface area contributed by atoms with Crippen LogP contribution in [0.5, 0.6) is 5.88 Å². The largest absolute Gasteiger partial charge is 0.481 e. The minimum atomic E-state index is 0.602. The van der Waals surface area contributed by atoms with Gasteiger partial charge in [-0.05, 0) is 12.8 Å². The third-order valence-corrected chi connectivity index (χ3v) is 5.21. The number of hydrogen-bond donors (Lipinski definition) is 0. The van der Waals surface area contributed by atoms with Crippen LogP contribution in [-0.4, -0.2) is 53.5 Å². The van der Waals surface area contributed by atoms with E-state index in [1.165, 1.54) is 17.8 Å². The van der Waals surface area contributed by atoms with Crippen LogP contribution in [0.4, 0.5) is 10.9 Å². The summed E-state index contributed by atoms with van der Waals surface area (Å²) >= 11 is 1.75. The van der Waals surface area contributed by atoms with Crippen LogP contribution >= 0.6 is 11.3 Å². The summed E-state index contributed by atoms with van der Waals surface area (Å²) in [6, 6.07) is 1.88. The molecule has 22 heavy (non-hydrogen) atoms. The Morgan fingerprint density at radius 3 is 2.59 bits per heavy atom. The molecule has 2 aromatic rings. The fourth-order valence-corrected chi connectivity index (χ4v) is 3.66. The number of aromatic nitrogens is 4. The van der Waals surface area contributed by atoms with Crippen molar-refractivity contribution < 1.29 is 4.74 Å². The summed E-state index contributed by atoms with van der Waals surface area (Å²) in [5, 5.41) is 10.9. The van der Waals surface area contributed by atoms with Crippen LogP contribution in [0.3, 0.4) is 0 Å². The number of piperazine rings is 1. The van der Waals surface area contributed by atoms with Crippen molar-refractivity contribution in [3.05, 3.63) is 17.4 Å². The van der Waals surface area contributed by atoms with Crippen molar-refractivity contribution in [1.82, 2.24) is 20.2 Å². The minimum Gasteiger partial charge on any atom is -0.481 e. The van der Waals surface area contributed by atoms with Crippen LogP contribution in [0.2, 0.25) is 0 Å². The lowest BCUT2D eigenvalue weighted by Crippen LogP contribution is -2.46. The smallest absolute Gasteiger partial charge is 0.218 e. The van der Waals surface area contributed by atoms with Crippen LogP contribution < -0.4 is 14.5 Å². The topological polar surface area (TPSA) is 67.3 Å². The van der Waals surface area contributed by atoms with Crippen molar-refractivity contribution in [2.75, 3.05) is 43.1 Å². The summed E-state index contributed by atoms with van der Waals surface area (Å²) < 4.78 is 5.16. The molecule has 2 aromatic heterocycles. The number of ether oxygens (including phenoxy) is 1. The number of rotatable bonds is 4. The van der Waals surface area contributed by atoms with Gasteiger partial charge < -0.3 is 14.5 Å². The Morgan fingerprint density at radius 1 is 1.09 bits per heavy atom. The van der Waals surface area contributed by atoms with E-state index in [0.717, 1.165) is 37.1 Å². The zero-order valence-corrected chi connectivity index (χ0v) is 13.3. The van der Waals surface area contributed by atoms with Gasteiger partial charge in [-0.15, -0.1) is 10.2 Å².